The molecule has 3 heterocycles. The molecule has 6 amide bonds. The lowest BCUT2D eigenvalue weighted by molar-refractivity contribution is -0.139. The molecule has 0 radical (unpaired) electrons. The van der Waals surface area contributed by atoms with Gasteiger partial charge in [-0.05, 0) is 55.1 Å². The summed E-state index contributed by atoms with van der Waals surface area (Å²) in [5.74, 6) is -7.25. The van der Waals surface area contributed by atoms with Crippen molar-refractivity contribution in [1.29, 1.82) is 0 Å². The Kier molecular flexibility index (Phi) is 15.3. The van der Waals surface area contributed by atoms with Crippen LogP contribution in [0.5, 0.6) is 5.75 Å². The number of amides is 6. The minimum absolute atomic E-state index is 0.0777. The SMILES string of the molecule is CC(c1ccccc1)C1NC(=O)CNC(=O)C(CO)NC(=O)C(C(O)C2CN=C(N)N2)NC(=O)C(C(O)C2CN=C(N)N2)NC(=O)C(Cc2cc(Br)c(O)c(Br)c2)NC1=O. The molecule has 0 aliphatic carbocycles. The topological polar surface area (TPSA) is 356 Å². The molecular weight excluding hydrogens is 920 g/mol. The van der Waals surface area contributed by atoms with Crippen molar-refractivity contribution in [3.63, 3.8) is 0 Å². The molecule has 24 heteroatoms. The average Bonchev–Trinajstić information content (AvgIpc) is 3.87. The number of aliphatic imine (C=N–C) groups is 2. The lowest BCUT2D eigenvalue weighted by Gasteiger charge is -2.33. The molecule has 1 fully saturated rings. The van der Waals surface area contributed by atoms with Crippen molar-refractivity contribution >= 4 is 79.2 Å². The molecule has 0 bridgehead atoms. The van der Waals surface area contributed by atoms with Crippen LogP contribution in [0.1, 0.15) is 24.0 Å². The molecule has 5 rings (SSSR count). The van der Waals surface area contributed by atoms with Crippen molar-refractivity contribution < 1.29 is 49.2 Å². The lowest BCUT2D eigenvalue weighted by Crippen LogP contribution is -2.67. The molecule has 2 aromatic carbocycles. The zero-order valence-electron chi connectivity index (χ0n) is 31.9. The first-order valence-electron chi connectivity index (χ1n) is 18.6. The van der Waals surface area contributed by atoms with Crippen molar-refractivity contribution in [1.82, 2.24) is 42.5 Å². The predicted octanol–water partition coefficient (Wildman–Crippen LogP) is -4.90. The molecule has 324 valence electrons. The Hall–Kier alpha value is -5.56. The number of guanidine groups is 2. The number of aliphatic hydroxyl groups excluding tert-OH is 3. The number of nitrogens with two attached hydrogens (primary N) is 2. The summed E-state index contributed by atoms with van der Waals surface area (Å²) in [6, 6.07) is 0.914. The van der Waals surface area contributed by atoms with E-state index in [2.05, 4.69) is 84.4 Å². The van der Waals surface area contributed by atoms with Gasteiger partial charge in [0.05, 0.1) is 47.3 Å². The van der Waals surface area contributed by atoms with Crippen LogP contribution in [-0.2, 0) is 35.2 Å². The van der Waals surface area contributed by atoms with E-state index in [9.17, 15) is 49.2 Å². The van der Waals surface area contributed by atoms with E-state index in [1.54, 1.807) is 37.3 Å². The molecule has 10 unspecified atom stereocenters. The number of nitrogens with zero attached hydrogens (tertiary/aromatic N) is 2. The monoisotopic (exact) mass is 964 g/mol. The van der Waals surface area contributed by atoms with Crippen molar-refractivity contribution in [2.45, 2.75) is 73.8 Å². The van der Waals surface area contributed by atoms with E-state index in [0.717, 1.165) is 0 Å². The van der Waals surface area contributed by atoms with Gasteiger partial charge in [0.1, 0.15) is 48.2 Å². The largest absolute Gasteiger partial charge is 0.506 e. The molecule has 10 atom stereocenters. The number of phenolic OH excluding ortho intramolecular Hbond substituents is 1. The summed E-state index contributed by atoms with van der Waals surface area (Å²) in [4.78, 5) is 91.6. The van der Waals surface area contributed by atoms with E-state index in [1.807, 2.05) is 0 Å². The van der Waals surface area contributed by atoms with Gasteiger partial charge in [0.25, 0.3) is 0 Å². The van der Waals surface area contributed by atoms with Crippen molar-refractivity contribution in [2.75, 3.05) is 26.2 Å². The second-order valence-electron chi connectivity index (χ2n) is 14.3. The molecule has 1 saturated heterocycles. The van der Waals surface area contributed by atoms with Crippen LogP contribution in [0.25, 0.3) is 0 Å². The smallest absolute Gasteiger partial charge is 0.246 e. The first-order chi connectivity index (χ1) is 28.5. The third-order valence-corrected chi connectivity index (χ3v) is 11.3. The second-order valence-corrected chi connectivity index (χ2v) is 16.0. The lowest BCUT2D eigenvalue weighted by atomic mass is 9.92. The number of benzene rings is 2. The summed E-state index contributed by atoms with van der Waals surface area (Å²) in [6.45, 7) is -0.373. The normalized spacial score (nSPS) is 27.4. The minimum atomic E-state index is -1.95. The second kappa shape index (κ2) is 20.1. The predicted molar refractivity (Wildman–Crippen MR) is 221 cm³/mol. The summed E-state index contributed by atoms with van der Waals surface area (Å²) >= 11 is 6.52. The van der Waals surface area contributed by atoms with Crippen LogP contribution in [0.3, 0.4) is 0 Å². The number of hydrogen-bond acceptors (Lipinski definition) is 16. The molecule has 0 aromatic heterocycles. The fourth-order valence-electron chi connectivity index (χ4n) is 6.70. The Labute approximate surface area is 359 Å². The van der Waals surface area contributed by atoms with Gasteiger partial charge in [-0.25, -0.2) is 0 Å². The van der Waals surface area contributed by atoms with Gasteiger partial charge in [-0.2, -0.15) is 0 Å². The molecule has 3 aliphatic rings. The van der Waals surface area contributed by atoms with Crippen LogP contribution >= 0.6 is 31.9 Å². The Morgan fingerprint density at radius 2 is 1.20 bits per heavy atom. The van der Waals surface area contributed by atoms with E-state index in [-0.39, 0.29) is 46.1 Å². The number of aromatic hydroxyl groups is 1. The van der Waals surface area contributed by atoms with Gasteiger partial charge in [0.15, 0.2) is 11.9 Å². The maximum Gasteiger partial charge on any atom is 0.246 e. The van der Waals surface area contributed by atoms with Crippen LogP contribution in [0.2, 0.25) is 0 Å². The first-order valence-corrected chi connectivity index (χ1v) is 20.2. The maximum atomic E-state index is 14.5. The fourth-order valence-corrected chi connectivity index (χ4v) is 7.98. The first kappa shape index (κ1) is 45.5. The highest BCUT2D eigenvalue weighted by atomic mass is 79.9. The van der Waals surface area contributed by atoms with E-state index in [1.165, 1.54) is 12.1 Å². The Morgan fingerprint density at radius 3 is 1.72 bits per heavy atom. The number of aliphatic hydroxyl groups is 3. The molecule has 0 saturated carbocycles. The van der Waals surface area contributed by atoms with Crippen molar-refractivity contribution in [3.05, 3.63) is 62.5 Å². The molecule has 0 spiro atoms. The van der Waals surface area contributed by atoms with Crippen molar-refractivity contribution in [2.24, 2.45) is 21.5 Å². The number of carbonyl (C=O) groups excluding carboxylic acids is 6. The van der Waals surface area contributed by atoms with Crippen LogP contribution < -0.4 is 54.0 Å². The zero-order valence-corrected chi connectivity index (χ0v) is 35.1. The molecule has 2 aromatic rings. The highest BCUT2D eigenvalue weighted by molar-refractivity contribution is 9.11. The summed E-state index contributed by atoms with van der Waals surface area (Å²) in [6.07, 6.45) is -3.94. The number of carbonyl (C=O) groups is 6. The number of rotatable bonds is 9. The summed E-state index contributed by atoms with van der Waals surface area (Å²) in [5, 5.41) is 63.5. The number of halogens is 2. The Balaban J connectivity index is 1.58. The van der Waals surface area contributed by atoms with Crippen LogP contribution in [-0.4, -0.2) is 149 Å². The van der Waals surface area contributed by atoms with E-state index in [4.69, 9.17) is 11.5 Å². The zero-order chi connectivity index (χ0) is 43.8. The number of hydrogen-bond donors (Lipinski definition) is 14. The Morgan fingerprint density at radius 1 is 0.700 bits per heavy atom. The minimum Gasteiger partial charge on any atom is -0.506 e. The summed E-state index contributed by atoms with van der Waals surface area (Å²) in [7, 11) is 0. The summed E-state index contributed by atoms with van der Waals surface area (Å²) < 4.78 is 0.466. The van der Waals surface area contributed by atoms with E-state index >= 15 is 0 Å². The number of nitrogens with one attached hydrogen (secondary N) is 8. The third kappa shape index (κ3) is 11.2. The van der Waals surface area contributed by atoms with E-state index in [0.29, 0.717) is 11.1 Å². The summed E-state index contributed by atoms with van der Waals surface area (Å²) in [5.41, 5.74) is 12.5. The Bertz CT molecular complexity index is 2000. The van der Waals surface area contributed by atoms with Crippen molar-refractivity contribution in [3.8, 4) is 5.75 Å². The van der Waals surface area contributed by atoms with Gasteiger partial charge in [-0.3, -0.25) is 38.8 Å². The quantitative estimate of drug-likeness (QED) is 0.112. The maximum absolute atomic E-state index is 14.5. The molecule has 22 nitrogen and oxygen atoms in total. The fraction of sp³-hybridized carbons (Fsp3) is 0.444. The van der Waals surface area contributed by atoms with Gasteiger partial charge in [0.2, 0.25) is 35.4 Å². The average molecular weight is 967 g/mol. The van der Waals surface area contributed by atoms with Gasteiger partial charge in [-0.15, -0.1) is 0 Å². The molecular formula is C36H46Br2N12O10. The van der Waals surface area contributed by atoms with Crippen LogP contribution in [0.15, 0.2) is 61.4 Å². The van der Waals surface area contributed by atoms with Gasteiger partial charge >= 0.3 is 0 Å². The highest BCUT2D eigenvalue weighted by Crippen LogP contribution is 2.34. The standard InChI is InChI=1S/C36H46Br2N12O10/c1-14(16-5-3-2-4-6-16)24-32(58)44-19(9-15-7-17(37)27(53)18(38)8-15)31(57)49-26(29(55)21-11-43-36(40)47-21)34(60)50-25(28(54)20-10-42-35(39)46-20)33(59)45-22(13-51)30(56)41-12-23(52)48-24/h2-8,14,19-22,24-26,28-29,51,53-55H,9-13H2,1H3,(H,41,56)(H,44,58)(H,45,59)(H,48,52)(H,49,57)(H,50,60)(H3,39,42,46)(H3,40,43,47). The highest BCUT2D eigenvalue weighted by Gasteiger charge is 2.43. The van der Waals surface area contributed by atoms with E-state index < -0.39 is 109 Å². The van der Waals surface area contributed by atoms with Gasteiger partial charge < -0.3 is 74.4 Å². The van der Waals surface area contributed by atoms with Gasteiger partial charge in [0, 0.05) is 12.3 Å². The molecule has 16 N–H and O–H groups in total. The molecule has 60 heavy (non-hydrogen) atoms. The third-order valence-electron chi connectivity index (χ3n) is 10.1. The molecule has 3 aliphatic heterocycles. The van der Waals surface area contributed by atoms with Crippen LogP contribution in [0.4, 0.5) is 0 Å². The van der Waals surface area contributed by atoms with Crippen LogP contribution in [0, 0.1) is 0 Å². The number of phenols is 1. The van der Waals surface area contributed by atoms with Gasteiger partial charge in [-0.1, -0.05) is 37.3 Å².